The van der Waals surface area contributed by atoms with Gasteiger partial charge in [-0.2, -0.15) is 0 Å². The van der Waals surface area contributed by atoms with E-state index in [0.29, 0.717) is 0 Å². The molecule has 53 heavy (non-hydrogen) atoms. The molecule has 0 aromatic heterocycles. The topological polar surface area (TPSA) is 69.9 Å². The summed E-state index contributed by atoms with van der Waals surface area (Å²) in [6, 6.07) is 40.1. The Morgan fingerprint density at radius 2 is 0.604 bits per heavy atom. The van der Waals surface area contributed by atoms with Crippen molar-refractivity contribution in [2.24, 2.45) is 0 Å². The van der Waals surface area contributed by atoms with E-state index < -0.39 is 6.83 Å². The molecule has 0 fully saturated rings. The molecule has 3 N–H and O–H groups in total. The van der Waals surface area contributed by atoms with E-state index in [4.69, 9.17) is 4.52 Å². The molecule has 5 heteroatoms. The van der Waals surface area contributed by atoms with Crippen molar-refractivity contribution in [3.8, 4) is 23.0 Å². The summed E-state index contributed by atoms with van der Waals surface area (Å²) >= 11 is 0. The van der Waals surface area contributed by atoms with Gasteiger partial charge >= 0.3 is 250 Å². The number of hydrogen-bond donors (Lipinski definition) is 3. The number of benzene rings is 5. The second-order valence-corrected chi connectivity index (χ2v) is 20.8. The number of phenols is 3. The minimum atomic E-state index is -2.49. The van der Waals surface area contributed by atoms with Crippen molar-refractivity contribution < 1.29 is 19.8 Å². The number of phenolic OH excluding ortho intramolecular Hbond substituents is 3. The third kappa shape index (κ3) is 10.0. The zero-order chi connectivity index (χ0) is 37.7. The van der Waals surface area contributed by atoms with Crippen LogP contribution in [-0.4, -0.2) is 40.0 Å². The van der Waals surface area contributed by atoms with E-state index in [9.17, 15) is 15.3 Å². The summed E-state index contributed by atoms with van der Waals surface area (Å²) in [7, 11) is 0. The Bertz CT molecular complexity index is 1730. The molecule has 0 saturated carbocycles. The Kier molecular flexibility index (Phi) is 14.1. The van der Waals surface area contributed by atoms with Gasteiger partial charge in [0.05, 0.1) is 0 Å². The van der Waals surface area contributed by atoms with Gasteiger partial charge in [-0.3, -0.25) is 0 Å². The average Bonchev–Trinajstić information content (AvgIpc) is 3.18. The summed E-state index contributed by atoms with van der Waals surface area (Å²) in [5.41, 5.74) is 6.66. The summed E-state index contributed by atoms with van der Waals surface area (Å²) in [6.07, 6.45) is 14.6. The first-order valence-electron chi connectivity index (χ1n) is 20.0. The minimum absolute atomic E-state index is 0.0462. The van der Waals surface area contributed by atoms with Gasteiger partial charge in [-0.25, -0.2) is 0 Å². The fourth-order valence-electron chi connectivity index (χ4n) is 8.14. The van der Waals surface area contributed by atoms with Crippen LogP contribution in [0.4, 0.5) is 0 Å². The second kappa shape index (κ2) is 18.7. The molecule has 0 amide bonds. The van der Waals surface area contributed by atoms with Gasteiger partial charge in [0.2, 0.25) is 0 Å². The van der Waals surface area contributed by atoms with Gasteiger partial charge in [-0.15, -0.1) is 0 Å². The van der Waals surface area contributed by atoms with Crippen molar-refractivity contribution in [2.75, 3.05) is 24.6 Å². The summed E-state index contributed by atoms with van der Waals surface area (Å²) in [4.78, 5) is 0. The summed E-state index contributed by atoms with van der Waals surface area (Å²) < 4.78 is 7.57. The van der Waals surface area contributed by atoms with Crippen LogP contribution in [0, 0.1) is 0 Å². The SMILES string of the molecule is CCCCP(CCCC)(CCCC)(CCCC)Oc1ccc(C(c2ccc(O)cc2)c2ccc(C(c3ccc(O)cc3)c3ccc(O)cc3)cc2)cc1. The number of hydrogen-bond acceptors (Lipinski definition) is 4. The van der Waals surface area contributed by atoms with Crippen LogP contribution in [0.15, 0.2) is 121 Å². The van der Waals surface area contributed by atoms with Crippen LogP contribution in [0.5, 0.6) is 23.0 Å². The van der Waals surface area contributed by atoms with Crippen molar-refractivity contribution in [3.63, 3.8) is 0 Å². The Morgan fingerprint density at radius 1 is 0.377 bits per heavy atom. The van der Waals surface area contributed by atoms with E-state index in [1.165, 1.54) is 81.6 Å². The van der Waals surface area contributed by atoms with Gasteiger partial charge in [0.25, 0.3) is 0 Å². The van der Waals surface area contributed by atoms with Crippen LogP contribution in [-0.2, 0) is 0 Å². The molecule has 0 aliphatic heterocycles. The van der Waals surface area contributed by atoms with Crippen molar-refractivity contribution in [1.82, 2.24) is 0 Å². The Labute approximate surface area is 318 Å². The van der Waals surface area contributed by atoms with Crippen LogP contribution in [0.3, 0.4) is 0 Å². The van der Waals surface area contributed by atoms with Gasteiger partial charge in [0.15, 0.2) is 0 Å². The molecule has 0 bridgehead atoms. The monoisotopic (exact) mass is 732 g/mol. The molecular weight excluding hydrogens is 671 g/mol. The first-order valence-corrected chi connectivity index (χ1v) is 22.9. The zero-order valence-electron chi connectivity index (χ0n) is 32.4. The summed E-state index contributed by atoms with van der Waals surface area (Å²) in [6.45, 7) is 6.77. The number of unbranched alkanes of at least 4 members (excludes halogenated alkanes) is 4. The second-order valence-electron chi connectivity index (χ2n) is 15.1. The van der Waals surface area contributed by atoms with E-state index in [0.717, 1.165) is 33.6 Å². The van der Waals surface area contributed by atoms with Crippen molar-refractivity contribution >= 4 is 6.83 Å². The van der Waals surface area contributed by atoms with Crippen LogP contribution in [0.2, 0.25) is 0 Å². The Hall–Kier alpha value is -4.27. The van der Waals surface area contributed by atoms with Gasteiger partial charge in [0, 0.05) is 0 Å². The van der Waals surface area contributed by atoms with E-state index >= 15 is 0 Å². The van der Waals surface area contributed by atoms with Crippen molar-refractivity contribution in [1.29, 1.82) is 0 Å². The maximum atomic E-state index is 10.2. The molecule has 4 nitrogen and oxygen atoms in total. The summed E-state index contributed by atoms with van der Waals surface area (Å²) in [5, 5.41) is 30.2. The molecule has 5 aromatic carbocycles. The normalized spacial score (nSPS) is 13.0. The van der Waals surface area contributed by atoms with Gasteiger partial charge < -0.3 is 10.2 Å². The van der Waals surface area contributed by atoms with E-state index in [2.05, 4.69) is 76.2 Å². The fourth-order valence-corrected chi connectivity index (χ4v) is 15.0. The van der Waals surface area contributed by atoms with Crippen LogP contribution < -0.4 is 4.52 Å². The van der Waals surface area contributed by atoms with Gasteiger partial charge in [-0.1, -0.05) is 24.3 Å². The van der Waals surface area contributed by atoms with E-state index in [1.807, 2.05) is 36.4 Å². The fraction of sp³-hybridized carbons (Fsp3) is 0.375. The molecule has 0 radical (unpaired) electrons. The third-order valence-corrected chi connectivity index (χ3v) is 17.7. The third-order valence-electron chi connectivity index (χ3n) is 11.2. The molecule has 0 spiro atoms. The molecule has 0 aliphatic carbocycles. The molecule has 0 heterocycles. The molecule has 1 atom stereocenters. The van der Waals surface area contributed by atoms with E-state index in [-0.39, 0.29) is 29.1 Å². The Morgan fingerprint density at radius 3 is 0.849 bits per heavy atom. The molecule has 0 aliphatic rings. The van der Waals surface area contributed by atoms with Gasteiger partial charge in [-0.05, 0) is 24.3 Å². The summed E-state index contributed by atoms with van der Waals surface area (Å²) in [5.74, 6) is 1.60. The molecular formula is C48H61O4P. The first kappa shape index (κ1) is 39.9. The van der Waals surface area contributed by atoms with E-state index in [1.54, 1.807) is 36.4 Å². The van der Waals surface area contributed by atoms with Gasteiger partial charge in [0.1, 0.15) is 11.5 Å². The predicted molar refractivity (Wildman–Crippen MR) is 226 cm³/mol. The molecule has 0 saturated heterocycles. The van der Waals surface area contributed by atoms with Crippen LogP contribution in [0.25, 0.3) is 0 Å². The predicted octanol–water partition coefficient (Wildman–Crippen LogP) is 13.2. The van der Waals surface area contributed by atoms with Crippen molar-refractivity contribution in [3.05, 3.63) is 155 Å². The first-order chi connectivity index (χ1) is 25.7. The molecule has 1 unspecified atom stereocenters. The van der Waals surface area contributed by atoms with Crippen molar-refractivity contribution in [2.45, 2.75) is 90.9 Å². The maximum absolute atomic E-state index is 10.2. The number of rotatable bonds is 20. The quantitative estimate of drug-likeness (QED) is 0.0550. The number of aromatic hydroxyl groups is 3. The standard InChI is InChI=1S/C48H61O4P/c1-5-9-33-53(34-10-6-2,35-11-7-3,36-12-8-4)52-46-31-23-42(24-32-46)48(41-21-29-45(51)30-22-41)38-15-13-37(14-16-38)47(39-17-25-43(49)26-18-39)40-19-27-44(50)28-20-40/h13-32,47-51H,5-12,33-36H2,1-4H3. The van der Waals surface area contributed by atoms with Crippen LogP contribution >= 0.6 is 6.83 Å². The molecule has 282 valence electrons. The molecule has 5 rings (SSSR count). The zero-order valence-corrected chi connectivity index (χ0v) is 33.3. The Balaban J connectivity index is 1.53. The van der Waals surface area contributed by atoms with Crippen LogP contribution in [0.1, 0.15) is 124 Å². The molecule has 5 aromatic rings. The average molecular weight is 733 g/mol.